The number of fused-ring (bicyclic) bond motifs is 1. The summed E-state index contributed by atoms with van der Waals surface area (Å²) >= 11 is 0. The maximum Gasteiger partial charge on any atom is 0.289 e. The highest BCUT2D eigenvalue weighted by atomic mass is 16.2. The van der Waals surface area contributed by atoms with Gasteiger partial charge in [0.1, 0.15) is 23.8 Å². The molecule has 2 heterocycles. The predicted octanol–water partition coefficient (Wildman–Crippen LogP) is 2.79. The largest absolute Gasteiger partial charge is 0.347 e. The molecular formula is C36H57N7O6. The standard InChI is InChI=1S/C36H57N7O6/c1-10-13-25(29(44)34(48)39-22(6)20(3)4)40-33(47)28-24-15-12-14-23(24)19-43(28)35(49)30(36(7,8)9)42-32(46)27(21(5)11-2)41-31(45)26-18-37-16-17-38-26/h16-18,20-25,27-28,30H,10-15,19H2,1-9H3,(H,39,48)(H,40,47)(H,41,45)(H,42,46)/t21-,22-,23-,24-,25-,27-,28-,30+/m0/s1. The fourth-order valence-corrected chi connectivity index (χ4v) is 6.67. The van der Waals surface area contributed by atoms with Gasteiger partial charge in [-0.1, -0.05) is 74.7 Å². The molecule has 5 amide bonds. The highest BCUT2D eigenvalue weighted by Gasteiger charge is 2.52. The van der Waals surface area contributed by atoms with Gasteiger partial charge in [-0.15, -0.1) is 0 Å². The molecule has 4 N–H and O–H groups in total. The summed E-state index contributed by atoms with van der Waals surface area (Å²) in [5, 5.41) is 11.3. The van der Waals surface area contributed by atoms with Gasteiger partial charge in [-0.3, -0.25) is 33.8 Å². The van der Waals surface area contributed by atoms with Crippen molar-refractivity contribution in [2.75, 3.05) is 6.54 Å². The number of carbonyl (C=O) groups is 6. The lowest BCUT2D eigenvalue weighted by Gasteiger charge is -2.37. The molecule has 1 saturated carbocycles. The summed E-state index contributed by atoms with van der Waals surface area (Å²) in [5.41, 5.74) is -0.692. The maximum absolute atomic E-state index is 14.5. The predicted molar refractivity (Wildman–Crippen MR) is 185 cm³/mol. The van der Waals surface area contributed by atoms with E-state index in [0.29, 0.717) is 19.4 Å². The molecule has 3 rings (SSSR count). The lowest BCUT2D eigenvalue weighted by atomic mass is 9.84. The van der Waals surface area contributed by atoms with Gasteiger partial charge in [0, 0.05) is 25.0 Å². The number of nitrogens with zero attached hydrogens (tertiary/aromatic N) is 3. The van der Waals surface area contributed by atoms with Gasteiger partial charge >= 0.3 is 0 Å². The van der Waals surface area contributed by atoms with Crippen LogP contribution >= 0.6 is 0 Å². The Labute approximate surface area is 290 Å². The van der Waals surface area contributed by atoms with Crippen molar-refractivity contribution in [3.05, 3.63) is 24.3 Å². The molecule has 2 fully saturated rings. The summed E-state index contributed by atoms with van der Waals surface area (Å²) in [6.07, 6.45) is 8.11. The van der Waals surface area contributed by atoms with Crippen molar-refractivity contribution in [3.8, 4) is 0 Å². The Kier molecular flexibility index (Phi) is 13.8. The van der Waals surface area contributed by atoms with Gasteiger partial charge in [0.05, 0.1) is 12.2 Å². The van der Waals surface area contributed by atoms with Crippen LogP contribution < -0.4 is 21.3 Å². The van der Waals surface area contributed by atoms with Crippen LogP contribution in [0.4, 0.5) is 0 Å². The third kappa shape index (κ3) is 9.85. The molecule has 1 saturated heterocycles. The van der Waals surface area contributed by atoms with Crippen LogP contribution in [0.5, 0.6) is 0 Å². The van der Waals surface area contributed by atoms with Gasteiger partial charge in [-0.25, -0.2) is 4.98 Å². The SMILES string of the molecule is CCC[C@H](NC(=O)[C@@H]1[C@H]2CCC[C@H]2CN1C(=O)[C@@H](NC(=O)[C@@H](NC(=O)c1cnccn1)[C@@H](C)CC)C(C)(C)C)C(=O)C(=O)N[C@@H](C)C(C)C. The van der Waals surface area contributed by atoms with E-state index in [0.717, 1.165) is 19.3 Å². The summed E-state index contributed by atoms with van der Waals surface area (Å²) in [5.74, 6) is -3.54. The van der Waals surface area contributed by atoms with Gasteiger partial charge in [-0.2, -0.15) is 0 Å². The molecule has 1 aliphatic carbocycles. The Morgan fingerprint density at radius 1 is 0.939 bits per heavy atom. The van der Waals surface area contributed by atoms with E-state index in [1.54, 1.807) is 4.90 Å². The van der Waals surface area contributed by atoms with E-state index in [1.165, 1.54) is 18.6 Å². The number of Topliss-reactive ketones (excluding diaryl/α,β-unsaturated/α-hetero) is 1. The molecule has 0 spiro atoms. The van der Waals surface area contributed by atoms with Crippen molar-refractivity contribution in [1.82, 2.24) is 36.1 Å². The molecule has 0 bridgehead atoms. The van der Waals surface area contributed by atoms with Gasteiger partial charge < -0.3 is 26.2 Å². The molecule has 1 aliphatic heterocycles. The first-order valence-corrected chi connectivity index (χ1v) is 17.8. The summed E-state index contributed by atoms with van der Waals surface area (Å²) in [4.78, 5) is 91.1. The molecule has 2 aliphatic rings. The van der Waals surface area contributed by atoms with Crippen LogP contribution in [0.15, 0.2) is 18.6 Å². The molecule has 0 radical (unpaired) electrons. The molecule has 49 heavy (non-hydrogen) atoms. The maximum atomic E-state index is 14.5. The fraction of sp³-hybridized carbons (Fsp3) is 0.722. The zero-order valence-electron chi connectivity index (χ0n) is 30.7. The second-order valence-corrected chi connectivity index (χ2v) is 15.2. The molecule has 272 valence electrons. The molecule has 0 unspecified atom stereocenters. The van der Waals surface area contributed by atoms with E-state index in [9.17, 15) is 28.8 Å². The molecule has 1 aromatic rings. The summed E-state index contributed by atoms with van der Waals surface area (Å²) in [6.45, 7) is 17.2. The highest BCUT2D eigenvalue weighted by molar-refractivity contribution is 6.38. The van der Waals surface area contributed by atoms with Crippen LogP contribution in [0.25, 0.3) is 0 Å². The summed E-state index contributed by atoms with van der Waals surface area (Å²) in [7, 11) is 0. The van der Waals surface area contributed by atoms with Gasteiger partial charge in [0.2, 0.25) is 23.5 Å². The first-order valence-electron chi connectivity index (χ1n) is 17.8. The van der Waals surface area contributed by atoms with Crippen molar-refractivity contribution in [2.24, 2.45) is 29.1 Å². The van der Waals surface area contributed by atoms with Crippen LogP contribution in [0.1, 0.15) is 111 Å². The Balaban J connectivity index is 1.86. The van der Waals surface area contributed by atoms with Gasteiger partial charge in [-0.05, 0) is 55.3 Å². The van der Waals surface area contributed by atoms with Crippen molar-refractivity contribution < 1.29 is 28.8 Å². The molecule has 13 nitrogen and oxygen atoms in total. The molecular weight excluding hydrogens is 626 g/mol. The zero-order valence-corrected chi connectivity index (χ0v) is 30.7. The lowest BCUT2D eigenvalue weighted by Crippen LogP contribution is -2.62. The second-order valence-electron chi connectivity index (χ2n) is 15.2. The average Bonchev–Trinajstić information content (AvgIpc) is 3.66. The van der Waals surface area contributed by atoms with E-state index in [2.05, 4.69) is 31.2 Å². The number of likely N-dealkylation sites (tertiary alicyclic amines) is 1. The number of amides is 5. The molecule has 0 aromatic carbocycles. The number of hydrogen-bond acceptors (Lipinski definition) is 8. The van der Waals surface area contributed by atoms with E-state index < -0.39 is 64.9 Å². The average molecular weight is 684 g/mol. The first kappa shape index (κ1) is 39.5. The Morgan fingerprint density at radius 2 is 1.63 bits per heavy atom. The number of hydrogen-bond donors (Lipinski definition) is 4. The topological polar surface area (TPSA) is 180 Å². The van der Waals surface area contributed by atoms with Crippen molar-refractivity contribution in [3.63, 3.8) is 0 Å². The number of aromatic nitrogens is 2. The summed E-state index contributed by atoms with van der Waals surface area (Å²) in [6, 6.07) is -4.08. The highest BCUT2D eigenvalue weighted by Crippen LogP contribution is 2.43. The minimum atomic E-state index is -1.03. The molecule has 1 aromatic heterocycles. The normalized spacial score (nSPS) is 21.9. The van der Waals surface area contributed by atoms with Crippen LogP contribution in [-0.4, -0.2) is 86.9 Å². The minimum Gasteiger partial charge on any atom is -0.347 e. The van der Waals surface area contributed by atoms with E-state index in [-0.39, 0.29) is 41.8 Å². The number of nitrogens with one attached hydrogen (secondary N) is 4. The van der Waals surface area contributed by atoms with Crippen LogP contribution in [0, 0.1) is 29.1 Å². The Hall–Kier alpha value is -3.90. The monoisotopic (exact) mass is 683 g/mol. The number of ketones is 1. The van der Waals surface area contributed by atoms with Crippen molar-refractivity contribution >= 4 is 35.3 Å². The first-order chi connectivity index (χ1) is 23.0. The Bertz CT molecular complexity index is 1350. The van der Waals surface area contributed by atoms with E-state index >= 15 is 0 Å². The van der Waals surface area contributed by atoms with E-state index in [1.807, 2.05) is 62.3 Å². The van der Waals surface area contributed by atoms with E-state index in [4.69, 9.17) is 0 Å². The lowest BCUT2D eigenvalue weighted by molar-refractivity contribution is -0.146. The van der Waals surface area contributed by atoms with Gasteiger partial charge in [0.25, 0.3) is 11.8 Å². The second kappa shape index (κ2) is 17.2. The third-order valence-electron chi connectivity index (χ3n) is 10.2. The van der Waals surface area contributed by atoms with Crippen molar-refractivity contribution in [1.29, 1.82) is 0 Å². The number of carbonyl (C=O) groups excluding carboxylic acids is 6. The van der Waals surface area contributed by atoms with Crippen molar-refractivity contribution in [2.45, 2.75) is 131 Å². The molecule has 13 heteroatoms. The minimum absolute atomic E-state index is 0.0660. The third-order valence-corrected chi connectivity index (χ3v) is 10.2. The van der Waals surface area contributed by atoms with Crippen LogP contribution in [0.3, 0.4) is 0 Å². The van der Waals surface area contributed by atoms with Crippen LogP contribution in [-0.2, 0) is 24.0 Å². The molecule has 8 atom stereocenters. The van der Waals surface area contributed by atoms with Crippen LogP contribution in [0.2, 0.25) is 0 Å². The smallest absolute Gasteiger partial charge is 0.289 e. The zero-order chi connectivity index (χ0) is 36.6. The number of rotatable bonds is 15. The fourth-order valence-electron chi connectivity index (χ4n) is 6.67. The quantitative estimate of drug-likeness (QED) is 0.204. The Morgan fingerprint density at radius 3 is 2.20 bits per heavy atom. The summed E-state index contributed by atoms with van der Waals surface area (Å²) < 4.78 is 0. The van der Waals surface area contributed by atoms with Gasteiger partial charge in [0.15, 0.2) is 0 Å².